The molecule has 2 heterocycles. The van der Waals surface area contributed by atoms with Crippen molar-refractivity contribution in [1.82, 2.24) is 9.97 Å². The summed E-state index contributed by atoms with van der Waals surface area (Å²) in [4.78, 5) is 19.9. The second-order valence-electron chi connectivity index (χ2n) is 5.15. The molecule has 1 aromatic carbocycles. The topological polar surface area (TPSA) is 61.3 Å². The van der Waals surface area contributed by atoms with Crippen LogP contribution in [0.1, 0.15) is 15.9 Å². The maximum Gasteiger partial charge on any atom is 0.416 e. The Kier molecular flexibility index (Phi) is 5.47. The van der Waals surface area contributed by atoms with Gasteiger partial charge in [-0.3, -0.25) is 4.98 Å². The van der Waals surface area contributed by atoms with Gasteiger partial charge in [0.25, 0.3) is 5.19 Å². The van der Waals surface area contributed by atoms with Crippen LogP contribution >= 0.6 is 27.3 Å². The lowest BCUT2D eigenvalue weighted by molar-refractivity contribution is -0.137. The summed E-state index contributed by atoms with van der Waals surface area (Å²) in [5, 5.41) is 0.232. The standard InChI is InChI=1S/C17H10BrF3N2O3S/c1-25-15(24)9-2-7-12(22-8-9)13-14(18)27-16(23-13)26-11-5-3-10(4-6-11)17(19,20)21/h2-8H,1H3. The molecule has 0 aliphatic heterocycles. The minimum absolute atomic E-state index is 0.227. The van der Waals surface area contributed by atoms with Gasteiger partial charge in [0, 0.05) is 6.20 Å². The van der Waals surface area contributed by atoms with E-state index in [1.807, 2.05) is 0 Å². The summed E-state index contributed by atoms with van der Waals surface area (Å²) in [7, 11) is 1.28. The van der Waals surface area contributed by atoms with Crippen molar-refractivity contribution in [3.8, 4) is 22.3 Å². The number of aromatic nitrogens is 2. The second-order valence-corrected chi connectivity index (χ2v) is 7.43. The molecule has 0 bridgehead atoms. The van der Waals surface area contributed by atoms with Crippen LogP contribution in [0.2, 0.25) is 0 Å². The van der Waals surface area contributed by atoms with Gasteiger partial charge in [-0.1, -0.05) is 11.3 Å². The van der Waals surface area contributed by atoms with Crippen LogP contribution in [0.25, 0.3) is 11.4 Å². The van der Waals surface area contributed by atoms with E-state index in [0.717, 1.165) is 23.5 Å². The van der Waals surface area contributed by atoms with Gasteiger partial charge in [-0.2, -0.15) is 18.2 Å². The normalized spacial score (nSPS) is 11.3. The van der Waals surface area contributed by atoms with Crippen molar-refractivity contribution in [3.05, 3.63) is 57.5 Å². The Labute approximate surface area is 163 Å². The SMILES string of the molecule is COC(=O)c1ccc(-c2nc(Oc3ccc(C(F)(F)F)cc3)sc2Br)nc1. The molecule has 140 valence electrons. The first-order valence-corrected chi connectivity index (χ1v) is 8.95. The Morgan fingerprint density at radius 3 is 2.41 bits per heavy atom. The zero-order valence-corrected chi connectivity index (χ0v) is 16.0. The average Bonchev–Trinajstić information content (AvgIpc) is 3.01. The Hall–Kier alpha value is -2.46. The molecule has 0 N–H and O–H groups in total. The molecule has 0 unspecified atom stereocenters. The maximum absolute atomic E-state index is 12.6. The van der Waals surface area contributed by atoms with Crippen molar-refractivity contribution in [1.29, 1.82) is 0 Å². The van der Waals surface area contributed by atoms with Gasteiger partial charge in [-0.15, -0.1) is 0 Å². The zero-order valence-electron chi connectivity index (χ0n) is 13.6. The maximum atomic E-state index is 12.6. The van der Waals surface area contributed by atoms with Crippen LogP contribution in [0.5, 0.6) is 10.9 Å². The first-order valence-electron chi connectivity index (χ1n) is 7.34. The van der Waals surface area contributed by atoms with Crippen molar-refractivity contribution in [3.63, 3.8) is 0 Å². The van der Waals surface area contributed by atoms with Crippen molar-refractivity contribution < 1.29 is 27.4 Å². The lowest BCUT2D eigenvalue weighted by atomic mass is 10.2. The number of thiazole rings is 1. The molecule has 0 atom stereocenters. The highest BCUT2D eigenvalue weighted by molar-refractivity contribution is 9.11. The summed E-state index contributed by atoms with van der Waals surface area (Å²) >= 11 is 4.52. The largest absolute Gasteiger partial charge is 0.465 e. The molecule has 0 aliphatic rings. The second kappa shape index (κ2) is 7.65. The molecule has 0 aliphatic carbocycles. The average molecular weight is 459 g/mol. The predicted octanol–water partition coefficient (Wildman–Crippen LogP) is 5.57. The van der Waals surface area contributed by atoms with E-state index in [1.165, 1.54) is 25.4 Å². The number of hydrogen-bond donors (Lipinski definition) is 0. The quantitative estimate of drug-likeness (QED) is 0.478. The molecule has 0 fully saturated rings. The molecular weight excluding hydrogens is 449 g/mol. The van der Waals surface area contributed by atoms with E-state index >= 15 is 0 Å². The number of halogens is 4. The van der Waals surface area contributed by atoms with Gasteiger partial charge in [0.1, 0.15) is 15.2 Å². The molecule has 5 nitrogen and oxygen atoms in total. The van der Waals surface area contributed by atoms with E-state index < -0.39 is 17.7 Å². The molecule has 0 spiro atoms. The van der Waals surface area contributed by atoms with Gasteiger partial charge in [0.05, 0.1) is 23.9 Å². The molecule has 0 amide bonds. The summed E-state index contributed by atoms with van der Waals surface area (Å²) in [6, 6.07) is 7.48. The van der Waals surface area contributed by atoms with Crippen LogP contribution in [0.4, 0.5) is 13.2 Å². The lowest BCUT2D eigenvalue weighted by Gasteiger charge is -2.07. The van der Waals surface area contributed by atoms with Crippen LogP contribution in [0.3, 0.4) is 0 Å². The van der Waals surface area contributed by atoms with Crippen LogP contribution in [0.15, 0.2) is 46.4 Å². The molecule has 3 rings (SSSR count). The van der Waals surface area contributed by atoms with Crippen molar-refractivity contribution in [2.45, 2.75) is 6.18 Å². The number of hydrogen-bond acceptors (Lipinski definition) is 6. The first kappa shape index (κ1) is 19.3. The fraction of sp³-hybridized carbons (Fsp3) is 0.118. The van der Waals surface area contributed by atoms with E-state index in [2.05, 4.69) is 30.6 Å². The third-order valence-electron chi connectivity index (χ3n) is 3.38. The zero-order chi connectivity index (χ0) is 19.6. The Balaban J connectivity index is 1.79. The minimum Gasteiger partial charge on any atom is -0.465 e. The number of rotatable bonds is 4. The highest BCUT2D eigenvalue weighted by Gasteiger charge is 2.30. The smallest absolute Gasteiger partial charge is 0.416 e. The number of esters is 1. The Morgan fingerprint density at radius 1 is 1.15 bits per heavy atom. The summed E-state index contributed by atoms with van der Waals surface area (Å²) in [6.45, 7) is 0. The fourth-order valence-corrected chi connectivity index (χ4v) is 3.45. The number of nitrogens with zero attached hydrogens (tertiary/aromatic N) is 2. The third-order valence-corrected chi connectivity index (χ3v) is 4.96. The van der Waals surface area contributed by atoms with E-state index in [-0.39, 0.29) is 10.9 Å². The summed E-state index contributed by atoms with van der Waals surface area (Å²) in [6.07, 6.45) is -3.04. The lowest BCUT2D eigenvalue weighted by Crippen LogP contribution is -2.03. The number of benzene rings is 1. The van der Waals surface area contributed by atoms with E-state index in [0.29, 0.717) is 20.7 Å². The van der Waals surface area contributed by atoms with Crippen LogP contribution in [-0.4, -0.2) is 23.0 Å². The number of carbonyl (C=O) groups excluding carboxylic acids is 1. The summed E-state index contributed by atoms with van der Waals surface area (Å²) in [5.41, 5.74) is 0.519. The number of methoxy groups -OCH3 is 1. The van der Waals surface area contributed by atoms with Gasteiger partial charge >= 0.3 is 12.1 Å². The molecule has 10 heteroatoms. The summed E-state index contributed by atoms with van der Waals surface area (Å²) < 4.78 is 48.6. The Bertz CT molecular complexity index is 957. The Morgan fingerprint density at radius 2 is 1.85 bits per heavy atom. The molecule has 27 heavy (non-hydrogen) atoms. The number of carbonyl (C=O) groups is 1. The van der Waals surface area contributed by atoms with Gasteiger partial charge in [0.15, 0.2) is 0 Å². The number of ether oxygens (including phenoxy) is 2. The molecule has 0 radical (unpaired) electrons. The highest BCUT2D eigenvalue weighted by atomic mass is 79.9. The van der Waals surface area contributed by atoms with Gasteiger partial charge in [-0.05, 0) is 52.3 Å². The molecule has 0 saturated carbocycles. The van der Waals surface area contributed by atoms with Gasteiger partial charge in [0.2, 0.25) is 0 Å². The van der Waals surface area contributed by atoms with Crippen LogP contribution in [-0.2, 0) is 10.9 Å². The first-order chi connectivity index (χ1) is 12.8. The number of pyridine rings is 1. The number of alkyl halides is 3. The fourth-order valence-electron chi connectivity index (χ4n) is 2.07. The van der Waals surface area contributed by atoms with Crippen LogP contribution < -0.4 is 4.74 Å². The van der Waals surface area contributed by atoms with Crippen LogP contribution in [0, 0.1) is 0 Å². The predicted molar refractivity (Wildman–Crippen MR) is 95.9 cm³/mol. The molecule has 3 aromatic rings. The summed E-state index contributed by atoms with van der Waals surface area (Å²) in [5.74, 6) is -0.275. The van der Waals surface area contributed by atoms with Crippen molar-refractivity contribution in [2.24, 2.45) is 0 Å². The van der Waals surface area contributed by atoms with Crippen molar-refractivity contribution in [2.75, 3.05) is 7.11 Å². The highest BCUT2D eigenvalue weighted by Crippen LogP contribution is 2.38. The molecule has 0 saturated heterocycles. The monoisotopic (exact) mass is 458 g/mol. The van der Waals surface area contributed by atoms with E-state index in [4.69, 9.17) is 4.74 Å². The third kappa shape index (κ3) is 4.45. The van der Waals surface area contributed by atoms with Crippen molar-refractivity contribution >= 4 is 33.2 Å². The molecule has 2 aromatic heterocycles. The minimum atomic E-state index is -4.40. The molecular formula is C17H10BrF3N2O3S. The van der Waals surface area contributed by atoms with E-state index in [1.54, 1.807) is 12.1 Å². The van der Waals surface area contributed by atoms with E-state index in [9.17, 15) is 18.0 Å². The van der Waals surface area contributed by atoms with Gasteiger partial charge in [-0.25, -0.2) is 4.79 Å². The van der Waals surface area contributed by atoms with Gasteiger partial charge < -0.3 is 9.47 Å².